The molecule has 0 spiro atoms. The molecule has 2 aromatic carbocycles. The van der Waals surface area contributed by atoms with Crippen LogP contribution in [0.2, 0.25) is 0 Å². The Morgan fingerprint density at radius 1 is 1.24 bits per heavy atom. The number of benzene rings is 2. The molecule has 0 atom stereocenters. The molecule has 6 heteroatoms. The van der Waals surface area contributed by atoms with Crippen molar-refractivity contribution in [3.63, 3.8) is 0 Å². The second-order valence-corrected chi connectivity index (χ2v) is 6.31. The largest absolute Gasteiger partial charge is 0.497 e. The van der Waals surface area contributed by atoms with Gasteiger partial charge in [0.25, 0.3) is 5.91 Å². The normalized spacial score (nSPS) is 10.8. The lowest BCUT2D eigenvalue weighted by Gasteiger charge is -2.14. The molecule has 0 aliphatic carbocycles. The van der Waals surface area contributed by atoms with Gasteiger partial charge in [-0.1, -0.05) is 6.07 Å². The van der Waals surface area contributed by atoms with Crippen LogP contribution >= 0.6 is 15.9 Å². The van der Waals surface area contributed by atoms with Gasteiger partial charge in [-0.25, -0.2) is 0 Å². The predicted molar refractivity (Wildman–Crippen MR) is 104 cm³/mol. The highest BCUT2D eigenvalue weighted by atomic mass is 79.9. The maximum atomic E-state index is 12.3. The van der Waals surface area contributed by atoms with Crippen LogP contribution in [0.25, 0.3) is 6.08 Å². The van der Waals surface area contributed by atoms with E-state index in [1.807, 2.05) is 43.3 Å². The molecule has 25 heavy (non-hydrogen) atoms. The van der Waals surface area contributed by atoms with Crippen LogP contribution in [-0.2, 0) is 4.79 Å². The van der Waals surface area contributed by atoms with Crippen molar-refractivity contribution in [1.29, 1.82) is 5.26 Å². The van der Waals surface area contributed by atoms with Crippen LogP contribution in [0.15, 0.2) is 52.5 Å². The summed E-state index contributed by atoms with van der Waals surface area (Å²) in [7, 11) is 5.46. The summed E-state index contributed by atoms with van der Waals surface area (Å²) in [5.74, 6) is 0.236. The number of nitrogens with one attached hydrogen (secondary N) is 1. The number of anilines is 2. The lowest BCUT2D eigenvalue weighted by Crippen LogP contribution is -2.13. The number of halogens is 1. The predicted octanol–water partition coefficient (Wildman–Crippen LogP) is 4.07. The molecule has 1 N–H and O–H groups in total. The molecule has 0 radical (unpaired) electrons. The lowest BCUT2D eigenvalue weighted by molar-refractivity contribution is -0.112. The Bertz CT molecular complexity index is 837. The molecule has 0 bridgehead atoms. The number of nitrogens with zero attached hydrogens (tertiary/aromatic N) is 2. The standard InChI is InChI=1S/C19H18BrN3O2/c1-23(2)18-9-4-13(11-17(18)20)10-14(12-21)19(24)22-15-5-7-16(25-3)8-6-15/h4-11H,1-3H3,(H,22,24)/b14-10-. The molecule has 1 amide bonds. The van der Waals surface area contributed by atoms with Gasteiger partial charge in [0, 0.05) is 24.3 Å². The molecule has 0 fully saturated rings. The minimum atomic E-state index is -0.458. The average Bonchev–Trinajstić information content (AvgIpc) is 2.60. The monoisotopic (exact) mass is 399 g/mol. The SMILES string of the molecule is COc1ccc(NC(=O)/C(C#N)=C\c2ccc(N(C)C)c(Br)c2)cc1. The molecule has 128 valence electrons. The zero-order chi connectivity index (χ0) is 18.4. The molecule has 0 unspecified atom stereocenters. The molecule has 2 aromatic rings. The van der Waals surface area contributed by atoms with E-state index in [-0.39, 0.29) is 5.57 Å². The number of rotatable bonds is 5. The van der Waals surface area contributed by atoms with Crippen LogP contribution in [-0.4, -0.2) is 27.1 Å². The molecular weight excluding hydrogens is 382 g/mol. The summed E-state index contributed by atoms with van der Waals surface area (Å²) in [4.78, 5) is 14.3. The summed E-state index contributed by atoms with van der Waals surface area (Å²) in [5, 5.41) is 12.0. The van der Waals surface area contributed by atoms with Crippen molar-refractivity contribution >= 4 is 39.3 Å². The Labute approximate surface area is 155 Å². The Balaban J connectivity index is 2.20. The molecule has 0 heterocycles. The smallest absolute Gasteiger partial charge is 0.266 e. The van der Waals surface area contributed by atoms with Gasteiger partial charge in [-0.15, -0.1) is 0 Å². The third-order valence-corrected chi connectivity index (χ3v) is 4.11. The first-order valence-corrected chi connectivity index (χ1v) is 8.28. The first-order valence-electron chi connectivity index (χ1n) is 7.48. The molecule has 0 aliphatic heterocycles. The molecule has 0 saturated heterocycles. The van der Waals surface area contributed by atoms with Crippen molar-refractivity contribution in [1.82, 2.24) is 0 Å². The number of methoxy groups -OCH3 is 1. The minimum Gasteiger partial charge on any atom is -0.497 e. The van der Waals surface area contributed by atoms with Crippen LogP contribution in [0.4, 0.5) is 11.4 Å². The second kappa shape index (κ2) is 8.36. The number of carbonyl (C=O) groups excluding carboxylic acids is 1. The topological polar surface area (TPSA) is 65.4 Å². The highest BCUT2D eigenvalue weighted by molar-refractivity contribution is 9.10. The summed E-state index contributed by atoms with van der Waals surface area (Å²) in [6.07, 6.45) is 1.56. The Morgan fingerprint density at radius 2 is 1.92 bits per heavy atom. The zero-order valence-electron chi connectivity index (χ0n) is 14.2. The molecule has 2 rings (SSSR count). The molecule has 0 aromatic heterocycles. The van der Waals surface area contributed by atoms with Gasteiger partial charge in [0.1, 0.15) is 17.4 Å². The van der Waals surface area contributed by atoms with Crippen molar-refractivity contribution in [2.45, 2.75) is 0 Å². The van der Waals surface area contributed by atoms with Gasteiger partial charge >= 0.3 is 0 Å². The van der Waals surface area contributed by atoms with Crippen LogP contribution in [0.3, 0.4) is 0 Å². The maximum absolute atomic E-state index is 12.3. The first-order chi connectivity index (χ1) is 11.9. The van der Waals surface area contributed by atoms with Crippen LogP contribution in [0, 0.1) is 11.3 Å². The number of nitriles is 1. The number of hydrogen-bond acceptors (Lipinski definition) is 4. The minimum absolute atomic E-state index is 0.0281. The molecule has 0 aliphatic rings. The van der Waals surface area contributed by atoms with Crippen molar-refractivity contribution in [2.24, 2.45) is 0 Å². The van der Waals surface area contributed by atoms with Crippen molar-refractivity contribution < 1.29 is 9.53 Å². The van der Waals surface area contributed by atoms with Crippen molar-refractivity contribution in [2.75, 3.05) is 31.4 Å². The Morgan fingerprint density at radius 3 is 2.44 bits per heavy atom. The van der Waals surface area contributed by atoms with Gasteiger partial charge in [0.05, 0.1) is 12.8 Å². The summed E-state index contributed by atoms with van der Waals surface area (Å²) in [6, 6.07) is 14.5. The van der Waals surface area contributed by atoms with Crippen molar-refractivity contribution in [3.05, 3.63) is 58.1 Å². The highest BCUT2D eigenvalue weighted by Crippen LogP contribution is 2.26. The summed E-state index contributed by atoms with van der Waals surface area (Å²) in [6.45, 7) is 0. The van der Waals surface area contributed by atoms with E-state index in [4.69, 9.17) is 4.74 Å². The van der Waals surface area contributed by atoms with E-state index in [2.05, 4.69) is 21.2 Å². The van der Waals surface area contributed by atoms with Gasteiger partial charge in [0.2, 0.25) is 0 Å². The number of ether oxygens (including phenoxy) is 1. The number of hydrogen-bond donors (Lipinski definition) is 1. The van der Waals surface area contributed by atoms with E-state index in [9.17, 15) is 10.1 Å². The Kier molecular flexibility index (Phi) is 6.20. The number of carbonyl (C=O) groups is 1. The average molecular weight is 400 g/mol. The fourth-order valence-corrected chi connectivity index (χ4v) is 2.91. The zero-order valence-corrected chi connectivity index (χ0v) is 15.8. The highest BCUT2D eigenvalue weighted by Gasteiger charge is 2.10. The van der Waals surface area contributed by atoms with Gasteiger partial charge < -0.3 is 15.0 Å². The van der Waals surface area contributed by atoms with Crippen molar-refractivity contribution in [3.8, 4) is 11.8 Å². The van der Waals surface area contributed by atoms with Gasteiger partial charge in [0.15, 0.2) is 0 Å². The third-order valence-electron chi connectivity index (χ3n) is 3.48. The number of amides is 1. The van der Waals surface area contributed by atoms with E-state index in [0.29, 0.717) is 11.4 Å². The fraction of sp³-hybridized carbons (Fsp3) is 0.158. The van der Waals surface area contributed by atoms with Crippen LogP contribution in [0.1, 0.15) is 5.56 Å². The van der Waals surface area contributed by atoms with E-state index in [1.165, 1.54) is 0 Å². The third kappa shape index (κ3) is 4.85. The van der Waals surface area contributed by atoms with E-state index >= 15 is 0 Å². The van der Waals surface area contributed by atoms with Gasteiger partial charge in [-0.2, -0.15) is 5.26 Å². The molecule has 5 nitrogen and oxygen atoms in total. The van der Waals surface area contributed by atoms with E-state index in [1.54, 1.807) is 37.5 Å². The summed E-state index contributed by atoms with van der Waals surface area (Å²) in [5.41, 5.74) is 2.40. The molecular formula is C19H18BrN3O2. The van der Waals surface area contributed by atoms with E-state index in [0.717, 1.165) is 15.7 Å². The fourth-order valence-electron chi connectivity index (χ4n) is 2.16. The van der Waals surface area contributed by atoms with Gasteiger partial charge in [-0.3, -0.25) is 4.79 Å². The quantitative estimate of drug-likeness (QED) is 0.607. The summed E-state index contributed by atoms with van der Waals surface area (Å²) < 4.78 is 5.96. The van der Waals surface area contributed by atoms with Crippen LogP contribution < -0.4 is 15.0 Å². The maximum Gasteiger partial charge on any atom is 0.266 e. The molecule has 0 saturated carbocycles. The second-order valence-electron chi connectivity index (χ2n) is 5.46. The lowest BCUT2D eigenvalue weighted by atomic mass is 10.1. The first kappa shape index (κ1) is 18.6. The van der Waals surface area contributed by atoms with Crippen LogP contribution in [0.5, 0.6) is 5.75 Å². The van der Waals surface area contributed by atoms with E-state index < -0.39 is 5.91 Å². The summed E-state index contributed by atoms with van der Waals surface area (Å²) >= 11 is 3.50. The van der Waals surface area contributed by atoms with Gasteiger partial charge in [-0.05, 0) is 64.0 Å². The Hall–Kier alpha value is -2.78.